The lowest BCUT2D eigenvalue weighted by Gasteiger charge is -2.33. The summed E-state index contributed by atoms with van der Waals surface area (Å²) in [6, 6.07) is 5.35. The van der Waals surface area contributed by atoms with E-state index in [4.69, 9.17) is 9.47 Å². The van der Waals surface area contributed by atoms with Crippen molar-refractivity contribution >= 4 is 11.8 Å². The largest absolute Gasteiger partial charge is 0.486 e. The maximum atomic E-state index is 12.8. The number of fused-ring (bicyclic) bond motifs is 1. The molecule has 0 spiro atoms. The maximum Gasteiger partial charge on any atom is 0.253 e. The summed E-state index contributed by atoms with van der Waals surface area (Å²) in [5.41, 5.74) is 0.619. The number of benzene rings is 1. The summed E-state index contributed by atoms with van der Waals surface area (Å²) >= 11 is 0. The van der Waals surface area contributed by atoms with Crippen molar-refractivity contribution in [1.82, 2.24) is 9.80 Å². The number of carbonyl (C=O) groups is 2. The summed E-state index contributed by atoms with van der Waals surface area (Å²) in [4.78, 5) is 29.1. The van der Waals surface area contributed by atoms with Gasteiger partial charge in [-0.1, -0.05) is 0 Å². The molecule has 2 saturated heterocycles. The van der Waals surface area contributed by atoms with Crippen molar-refractivity contribution in [2.75, 3.05) is 39.4 Å². The molecule has 3 aliphatic rings. The molecule has 3 heterocycles. The van der Waals surface area contributed by atoms with Crippen molar-refractivity contribution in [2.45, 2.75) is 25.7 Å². The van der Waals surface area contributed by atoms with E-state index in [9.17, 15) is 9.59 Å². The number of hydrogen-bond acceptors (Lipinski definition) is 4. The van der Waals surface area contributed by atoms with Gasteiger partial charge in [0.05, 0.1) is 0 Å². The fraction of sp³-hybridized carbons (Fsp3) is 0.579. The number of nitrogens with zero attached hydrogens (tertiary/aromatic N) is 2. The van der Waals surface area contributed by atoms with Gasteiger partial charge in [-0.15, -0.1) is 0 Å². The Morgan fingerprint density at radius 1 is 0.880 bits per heavy atom. The van der Waals surface area contributed by atoms with Crippen LogP contribution in [0, 0.1) is 5.92 Å². The molecule has 134 valence electrons. The maximum absolute atomic E-state index is 12.8. The Morgan fingerprint density at radius 3 is 2.28 bits per heavy atom. The van der Waals surface area contributed by atoms with Gasteiger partial charge in [-0.25, -0.2) is 0 Å². The van der Waals surface area contributed by atoms with E-state index in [0.717, 1.165) is 38.8 Å². The van der Waals surface area contributed by atoms with Crippen LogP contribution in [0.3, 0.4) is 0 Å². The lowest BCUT2D eigenvalue weighted by molar-refractivity contribution is -0.135. The van der Waals surface area contributed by atoms with Crippen LogP contribution < -0.4 is 9.47 Å². The third-order valence-electron chi connectivity index (χ3n) is 5.34. The average molecular weight is 344 g/mol. The Bertz CT molecular complexity index is 661. The van der Waals surface area contributed by atoms with Crippen molar-refractivity contribution in [2.24, 2.45) is 5.92 Å². The first kappa shape index (κ1) is 16.2. The summed E-state index contributed by atoms with van der Waals surface area (Å²) in [5.74, 6) is 1.68. The molecule has 1 aromatic carbocycles. The van der Waals surface area contributed by atoms with Gasteiger partial charge in [0.1, 0.15) is 13.2 Å². The summed E-state index contributed by atoms with van der Waals surface area (Å²) in [6.07, 6.45) is 3.75. The Labute approximate surface area is 147 Å². The smallest absolute Gasteiger partial charge is 0.253 e. The molecule has 2 fully saturated rings. The van der Waals surface area contributed by atoms with Gasteiger partial charge in [-0.05, 0) is 43.9 Å². The zero-order valence-electron chi connectivity index (χ0n) is 14.4. The van der Waals surface area contributed by atoms with Crippen LogP contribution in [-0.2, 0) is 4.79 Å². The van der Waals surface area contributed by atoms with Crippen LogP contribution in [0.5, 0.6) is 11.5 Å². The van der Waals surface area contributed by atoms with E-state index in [1.165, 1.54) is 0 Å². The number of hydrogen-bond donors (Lipinski definition) is 0. The molecule has 6 nitrogen and oxygen atoms in total. The standard InChI is InChI=1S/C19H24N2O4/c22-18(20-7-1-2-8-20)14-5-9-21(10-6-14)19(23)15-3-4-16-17(13-15)25-12-11-24-16/h3-4,13-14H,1-2,5-12H2. The lowest BCUT2D eigenvalue weighted by atomic mass is 9.95. The Kier molecular flexibility index (Phi) is 4.51. The van der Waals surface area contributed by atoms with E-state index in [-0.39, 0.29) is 17.7 Å². The topological polar surface area (TPSA) is 59.1 Å². The first-order chi connectivity index (χ1) is 12.2. The Morgan fingerprint density at radius 2 is 1.56 bits per heavy atom. The van der Waals surface area contributed by atoms with E-state index in [1.54, 1.807) is 18.2 Å². The van der Waals surface area contributed by atoms with Crippen LogP contribution >= 0.6 is 0 Å². The van der Waals surface area contributed by atoms with Gasteiger partial charge in [-0.3, -0.25) is 9.59 Å². The van der Waals surface area contributed by atoms with Crippen molar-refractivity contribution in [3.05, 3.63) is 23.8 Å². The molecule has 0 radical (unpaired) electrons. The molecule has 1 aromatic rings. The molecule has 2 amide bonds. The van der Waals surface area contributed by atoms with Crippen molar-refractivity contribution in [3.63, 3.8) is 0 Å². The zero-order valence-corrected chi connectivity index (χ0v) is 14.4. The van der Waals surface area contributed by atoms with Gasteiger partial charge in [0, 0.05) is 37.7 Å². The highest BCUT2D eigenvalue weighted by atomic mass is 16.6. The lowest BCUT2D eigenvalue weighted by Crippen LogP contribution is -2.43. The van der Waals surface area contributed by atoms with Gasteiger partial charge < -0.3 is 19.3 Å². The van der Waals surface area contributed by atoms with Crippen LogP contribution in [0.25, 0.3) is 0 Å². The number of piperidine rings is 1. The van der Waals surface area contributed by atoms with Crippen LogP contribution in [0.2, 0.25) is 0 Å². The van der Waals surface area contributed by atoms with Crippen LogP contribution in [0.4, 0.5) is 0 Å². The second kappa shape index (κ2) is 6.94. The highest BCUT2D eigenvalue weighted by molar-refractivity contribution is 5.95. The van der Waals surface area contributed by atoms with E-state index < -0.39 is 0 Å². The third kappa shape index (κ3) is 3.30. The highest BCUT2D eigenvalue weighted by Crippen LogP contribution is 2.31. The third-order valence-corrected chi connectivity index (χ3v) is 5.34. The van der Waals surface area contributed by atoms with E-state index in [1.807, 2.05) is 9.80 Å². The molecule has 0 saturated carbocycles. The number of rotatable bonds is 2. The highest BCUT2D eigenvalue weighted by Gasteiger charge is 2.31. The van der Waals surface area contributed by atoms with Crippen molar-refractivity contribution < 1.29 is 19.1 Å². The number of ether oxygens (including phenoxy) is 2. The predicted molar refractivity (Wildman–Crippen MR) is 91.9 cm³/mol. The van der Waals surface area contributed by atoms with Crippen molar-refractivity contribution in [1.29, 1.82) is 0 Å². The molecule has 0 unspecified atom stereocenters. The van der Waals surface area contributed by atoms with Gasteiger partial charge in [-0.2, -0.15) is 0 Å². The summed E-state index contributed by atoms with van der Waals surface area (Å²) in [5, 5.41) is 0. The number of likely N-dealkylation sites (tertiary alicyclic amines) is 2. The molecule has 0 aromatic heterocycles. The summed E-state index contributed by atoms with van der Waals surface area (Å²) in [7, 11) is 0. The monoisotopic (exact) mass is 344 g/mol. The number of carbonyl (C=O) groups excluding carboxylic acids is 2. The van der Waals surface area contributed by atoms with Crippen LogP contribution in [-0.4, -0.2) is 61.0 Å². The van der Waals surface area contributed by atoms with Gasteiger partial charge >= 0.3 is 0 Å². The molecule has 25 heavy (non-hydrogen) atoms. The van der Waals surface area contributed by atoms with Crippen LogP contribution in [0.1, 0.15) is 36.0 Å². The van der Waals surface area contributed by atoms with Gasteiger partial charge in [0.25, 0.3) is 5.91 Å². The van der Waals surface area contributed by atoms with Crippen molar-refractivity contribution in [3.8, 4) is 11.5 Å². The first-order valence-electron chi connectivity index (χ1n) is 9.20. The minimum Gasteiger partial charge on any atom is -0.486 e. The molecule has 0 N–H and O–H groups in total. The molecule has 6 heteroatoms. The zero-order chi connectivity index (χ0) is 17.2. The summed E-state index contributed by atoms with van der Waals surface area (Å²) < 4.78 is 11.1. The normalized spacial score (nSPS) is 20.6. The molecule has 0 aliphatic carbocycles. The minimum absolute atomic E-state index is 0.00375. The number of amides is 2. The van der Waals surface area contributed by atoms with Crippen LogP contribution in [0.15, 0.2) is 18.2 Å². The second-order valence-corrected chi connectivity index (χ2v) is 6.96. The first-order valence-corrected chi connectivity index (χ1v) is 9.20. The SMILES string of the molecule is O=C(c1ccc2c(c1)OCCO2)N1CCC(C(=O)N2CCCC2)CC1. The molecule has 4 rings (SSSR count). The minimum atomic E-state index is 0.00375. The average Bonchev–Trinajstić information content (AvgIpc) is 3.21. The molecule has 0 bridgehead atoms. The van der Waals surface area contributed by atoms with E-state index >= 15 is 0 Å². The molecular formula is C19H24N2O4. The predicted octanol–water partition coefficient (Wildman–Crippen LogP) is 1.93. The van der Waals surface area contributed by atoms with E-state index in [2.05, 4.69) is 0 Å². The quantitative estimate of drug-likeness (QED) is 0.823. The molecular weight excluding hydrogens is 320 g/mol. The Hall–Kier alpha value is -2.24. The van der Waals surface area contributed by atoms with Gasteiger partial charge in [0.2, 0.25) is 5.91 Å². The second-order valence-electron chi connectivity index (χ2n) is 6.96. The van der Waals surface area contributed by atoms with Gasteiger partial charge in [0.15, 0.2) is 11.5 Å². The molecule has 0 atom stereocenters. The fourth-order valence-corrected chi connectivity index (χ4v) is 3.88. The fourth-order valence-electron chi connectivity index (χ4n) is 3.88. The van der Waals surface area contributed by atoms with E-state index in [0.29, 0.717) is 43.4 Å². The Balaban J connectivity index is 1.37. The molecule has 3 aliphatic heterocycles. The summed E-state index contributed by atoms with van der Waals surface area (Å²) in [6.45, 7) is 4.12.